The van der Waals surface area contributed by atoms with Crippen molar-refractivity contribution >= 4 is 46.5 Å². The molecule has 1 atom stereocenters. The van der Waals surface area contributed by atoms with Gasteiger partial charge in [-0.15, -0.1) is 23.1 Å². The fourth-order valence-corrected chi connectivity index (χ4v) is 4.36. The molecule has 2 amide bonds. The molecule has 26 heavy (non-hydrogen) atoms. The molecular weight excluding hydrogens is 394 g/mol. The fourth-order valence-electron chi connectivity index (χ4n) is 2.46. The second-order valence-corrected chi connectivity index (χ2v) is 7.80. The van der Waals surface area contributed by atoms with E-state index in [4.69, 9.17) is 16.3 Å². The number of carbonyl (C=O) groups is 2. The zero-order valence-electron chi connectivity index (χ0n) is 13.9. The molecular formula is C17H18ClN3O3S2. The van der Waals surface area contributed by atoms with Crippen molar-refractivity contribution in [3.05, 3.63) is 45.9 Å². The Morgan fingerprint density at radius 2 is 2.15 bits per heavy atom. The molecule has 6 nitrogen and oxygen atoms in total. The van der Waals surface area contributed by atoms with Crippen LogP contribution in [0.5, 0.6) is 5.75 Å². The number of carbonyl (C=O) groups excluding carboxylic acids is 2. The summed E-state index contributed by atoms with van der Waals surface area (Å²) in [5, 5.41) is 5.46. The molecule has 0 aliphatic carbocycles. The van der Waals surface area contributed by atoms with E-state index >= 15 is 0 Å². The number of hydrogen-bond acceptors (Lipinski definition) is 6. The van der Waals surface area contributed by atoms with Crippen LogP contribution in [0.1, 0.15) is 5.69 Å². The van der Waals surface area contributed by atoms with Crippen molar-refractivity contribution in [1.82, 2.24) is 15.2 Å². The average Bonchev–Trinajstić information content (AvgIpc) is 3.32. The molecule has 1 aliphatic heterocycles. The molecule has 1 N–H and O–H groups in total. The maximum absolute atomic E-state index is 12.4. The van der Waals surface area contributed by atoms with Gasteiger partial charge in [0, 0.05) is 29.1 Å². The van der Waals surface area contributed by atoms with Crippen molar-refractivity contribution in [3.8, 4) is 5.75 Å². The Hall–Kier alpha value is -1.77. The van der Waals surface area contributed by atoms with Crippen molar-refractivity contribution in [1.29, 1.82) is 0 Å². The Morgan fingerprint density at radius 3 is 2.88 bits per heavy atom. The normalized spacial score (nSPS) is 16.5. The highest BCUT2D eigenvalue weighted by Crippen LogP contribution is 2.22. The number of halogens is 1. The summed E-state index contributed by atoms with van der Waals surface area (Å²) in [7, 11) is 0. The highest BCUT2D eigenvalue weighted by Gasteiger charge is 2.34. The number of amides is 2. The summed E-state index contributed by atoms with van der Waals surface area (Å²) in [5.41, 5.74) is 2.73. The van der Waals surface area contributed by atoms with E-state index in [2.05, 4.69) is 10.3 Å². The smallest absolute Gasteiger partial charge is 0.261 e. The van der Waals surface area contributed by atoms with Gasteiger partial charge < -0.3 is 15.0 Å². The van der Waals surface area contributed by atoms with Crippen molar-refractivity contribution in [2.45, 2.75) is 12.5 Å². The summed E-state index contributed by atoms with van der Waals surface area (Å²) < 4.78 is 5.50. The molecule has 1 fully saturated rings. The minimum Gasteiger partial charge on any atom is -0.484 e. The van der Waals surface area contributed by atoms with Crippen molar-refractivity contribution < 1.29 is 14.3 Å². The molecule has 2 heterocycles. The minimum atomic E-state index is -0.461. The minimum absolute atomic E-state index is 0.106. The summed E-state index contributed by atoms with van der Waals surface area (Å²) in [6.07, 6.45) is 0.683. The van der Waals surface area contributed by atoms with E-state index < -0.39 is 6.04 Å². The Bertz CT molecular complexity index is 740. The largest absolute Gasteiger partial charge is 0.484 e. The number of nitrogens with one attached hydrogen (secondary N) is 1. The molecule has 1 aromatic heterocycles. The average molecular weight is 412 g/mol. The van der Waals surface area contributed by atoms with Crippen LogP contribution in [0.4, 0.5) is 0 Å². The van der Waals surface area contributed by atoms with Crippen molar-refractivity contribution in [2.24, 2.45) is 0 Å². The lowest BCUT2D eigenvalue weighted by Gasteiger charge is -2.23. The number of benzene rings is 1. The first kappa shape index (κ1) is 19.0. The summed E-state index contributed by atoms with van der Waals surface area (Å²) in [4.78, 5) is 30.6. The van der Waals surface area contributed by atoms with Crippen LogP contribution in [-0.4, -0.2) is 52.5 Å². The van der Waals surface area contributed by atoms with Crippen LogP contribution in [-0.2, 0) is 16.0 Å². The number of nitrogens with zero attached hydrogens (tertiary/aromatic N) is 2. The monoisotopic (exact) mass is 411 g/mol. The fraction of sp³-hybridized carbons (Fsp3) is 0.353. The van der Waals surface area contributed by atoms with E-state index in [1.54, 1.807) is 46.4 Å². The molecule has 0 spiro atoms. The Labute approximate surface area is 164 Å². The molecule has 9 heteroatoms. The predicted octanol–water partition coefficient (Wildman–Crippen LogP) is 2.44. The van der Waals surface area contributed by atoms with E-state index in [1.807, 2.05) is 5.38 Å². The second-order valence-electron chi connectivity index (χ2n) is 5.64. The van der Waals surface area contributed by atoms with Crippen LogP contribution < -0.4 is 10.1 Å². The predicted molar refractivity (Wildman–Crippen MR) is 104 cm³/mol. The third kappa shape index (κ3) is 5.12. The first-order valence-corrected chi connectivity index (χ1v) is 10.5. The molecule has 1 saturated heterocycles. The number of aromatic nitrogens is 1. The van der Waals surface area contributed by atoms with Crippen molar-refractivity contribution in [3.63, 3.8) is 0 Å². The zero-order valence-corrected chi connectivity index (χ0v) is 16.3. The van der Waals surface area contributed by atoms with Gasteiger partial charge in [-0.3, -0.25) is 9.59 Å². The summed E-state index contributed by atoms with van der Waals surface area (Å²) in [6, 6.07) is 6.35. The van der Waals surface area contributed by atoms with Gasteiger partial charge in [0.1, 0.15) is 11.8 Å². The molecule has 138 valence electrons. The number of hydrogen-bond donors (Lipinski definition) is 1. The molecule has 0 saturated carbocycles. The standard InChI is InChI=1S/C17H18ClN3O3S2/c18-12-1-3-14(4-2-12)24-7-16(22)21-11-26-9-15(21)17(23)19-6-5-13-8-25-10-20-13/h1-4,8,10,15H,5-7,9,11H2,(H,19,23)/t15-/m1/s1. The van der Waals surface area contributed by atoms with Gasteiger partial charge in [-0.2, -0.15) is 0 Å². The maximum Gasteiger partial charge on any atom is 0.261 e. The van der Waals surface area contributed by atoms with E-state index in [-0.39, 0.29) is 18.4 Å². The Morgan fingerprint density at radius 1 is 1.35 bits per heavy atom. The van der Waals surface area contributed by atoms with Crippen LogP contribution in [0.25, 0.3) is 0 Å². The van der Waals surface area contributed by atoms with Gasteiger partial charge in [0.05, 0.1) is 17.1 Å². The SMILES string of the molecule is O=C(NCCc1cscn1)[C@H]1CSCN1C(=O)COc1ccc(Cl)cc1. The molecule has 3 rings (SSSR count). The lowest BCUT2D eigenvalue weighted by Crippen LogP contribution is -2.48. The number of thiazole rings is 1. The van der Waals surface area contributed by atoms with Gasteiger partial charge in [0.15, 0.2) is 6.61 Å². The second kappa shape index (κ2) is 9.25. The summed E-state index contributed by atoms with van der Waals surface area (Å²) in [5.74, 6) is 1.32. The number of rotatable bonds is 7. The topological polar surface area (TPSA) is 71.5 Å². The first-order chi connectivity index (χ1) is 12.6. The zero-order chi connectivity index (χ0) is 18.4. The first-order valence-electron chi connectivity index (χ1n) is 8.04. The van der Waals surface area contributed by atoms with Gasteiger partial charge in [0.25, 0.3) is 5.91 Å². The Kier molecular flexibility index (Phi) is 6.76. The summed E-state index contributed by atoms with van der Waals surface area (Å²) in [6.45, 7) is 0.401. The third-order valence-corrected chi connectivity index (χ3v) is 5.74. The highest BCUT2D eigenvalue weighted by molar-refractivity contribution is 7.99. The molecule has 1 aromatic carbocycles. The van der Waals surface area contributed by atoms with Crippen molar-refractivity contribution in [2.75, 3.05) is 24.8 Å². The van der Waals surface area contributed by atoms with Gasteiger partial charge in [-0.25, -0.2) is 4.98 Å². The number of thioether (sulfide) groups is 1. The van der Waals surface area contributed by atoms with Crippen LogP contribution in [0.15, 0.2) is 35.2 Å². The lowest BCUT2D eigenvalue weighted by molar-refractivity contribution is -0.139. The van der Waals surface area contributed by atoms with Gasteiger partial charge in [0.2, 0.25) is 5.91 Å². The van der Waals surface area contributed by atoms with Gasteiger partial charge in [-0.1, -0.05) is 11.6 Å². The van der Waals surface area contributed by atoms with E-state index in [0.29, 0.717) is 35.4 Å². The quantitative estimate of drug-likeness (QED) is 0.757. The van der Waals surface area contributed by atoms with Crippen LogP contribution in [0, 0.1) is 0 Å². The summed E-state index contributed by atoms with van der Waals surface area (Å²) >= 11 is 8.92. The molecule has 0 radical (unpaired) electrons. The van der Waals surface area contributed by atoms with Crippen LogP contribution in [0.3, 0.4) is 0 Å². The van der Waals surface area contributed by atoms with Crippen LogP contribution >= 0.6 is 34.7 Å². The third-order valence-electron chi connectivity index (χ3n) is 3.85. The van der Waals surface area contributed by atoms with Gasteiger partial charge >= 0.3 is 0 Å². The van der Waals surface area contributed by atoms with Gasteiger partial charge in [-0.05, 0) is 24.3 Å². The molecule has 0 bridgehead atoms. The van der Waals surface area contributed by atoms with E-state index in [9.17, 15) is 9.59 Å². The van der Waals surface area contributed by atoms with E-state index in [1.165, 1.54) is 11.3 Å². The maximum atomic E-state index is 12.4. The Balaban J connectivity index is 1.47. The van der Waals surface area contributed by atoms with Crippen LogP contribution in [0.2, 0.25) is 5.02 Å². The lowest BCUT2D eigenvalue weighted by atomic mass is 10.2. The highest BCUT2D eigenvalue weighted by atomic mass is 35.5. The van der Waals surface area contributed by atoms with E-state index in [0.717, 1.165) is 5.69 Å². The number of ether oxygens (including phenoxy) is 1. The molecule has 2 aromatic rings. The molecule has 1 aliphatic rings. The molecule has 0 unspecified atom stereocenters.